The maximum atomic E-state index is 6.60. The maximum Gasteiger partial charge on any atom is 0.235 e. The average molecular weight is 762 g/mol. The van der Waals surface area contributed by atoms with E-state index in [0.29, 0.717) is 5.95 Å². The van der Waals surface area contributed by atoms with Crippen molar-refractivity contribution in [3.63, 3.8) is 0 Å². The van der Waals surface area contributed by atoms with E-state index in [1.54, 1.807) is 0 Å². The molecule has 4 nitrogen and oxygen atoms in total. The highest BCUT2D eigenvalue weighted by molar-refractivity contribution is 6.41. The zero-order chi connectivity index (χ0) is 39.1. The molecule has 14 rings (SSSR count). The Morgan fingerprint density at radius 3 is 1.78 bits per heavy atom. The molecule has 0 aliphatic carbocycles. The van der Waals surface area contributed by atoms with Gasteiger partial charge in [-0.3, -0.25) is 4.57 Å². The molecule has 3 aromatic heterocycles. The summed E-state index contributed by atoms with van der Waals surface area (Å²) in [5.41, 5.74) is 9.19. The van der Waals surface area contributed by atoms with Crippen LogP contribution < -0.4 is 0 Å². The number of hydrogen-bond acceptors (Lipinski definition) is 3. The van der Waals surface area contributed by atoms with Crippen LogP contribution in [0.2, 0.25) is 0 Å². The molecule has 3 heterocycles. The minimum atomic E-state index is 0.643. The van der Waals surface area contributed by atoms with Crippen molar-refractivity contribution in [2.45, 2.75) is 0 Å². The first-order valence-electron chi connectivity index (χ1n) is 20.5. The van der Waals surface area contributed by atoms with Crippen LogP contribution in [0.5, 0.6) is 0 Å². The number of aromatic nitrogens is 3. The monoisotopic (exact) mass is 761 g/mol. The average Bonchev–Trinajstić information content (AvgIpc) is 3.86. The summed E-state index contributed by atoms with van der Waals surface area (Å²) in [5, 5.41) is 18.0. The molecule has 276 valence electrons. The predicted molar refractivity (Wildman–Crippen MR) is 251 cm³/mol. The van der Waals surface area contributed by atoms with Crippen LogP contribution in [0.3, 0.4) is 0 Å². The molecule has 0 saturated carbocycles. The van der Waals surface area contributed by atoms with Crippen molar-refractivity contribution >= 4 is 109 Å². The van der Waals surface area contributed by atoms with Gasteiger partial charge in [0.05, 0.1) is 22.2 Å². The van der Waals surface area contributed by atoms with Gasteiger partial charge in [-0.15, -0.1) is 0 Å². The van der Waals surface area contributed by atoms with Gasteiger partial charge in [0.2, 0.25) is 5.95 Å². The molecular weight excluding hydrogens is 731 g/mol. The number of fused-ring (bicyclic) bond motifs is 12. The van der Waals surface area contributed by atoms with Crippen LogP contribution in [-0.4, -0.2) is 14.5 Å². The Labute approximate surface area is 342 Å². The van der Waals surface area contributed by atoms with Crippen LogP contribution >= 0.6 is 0 Å². The Morgan fingerprint density at radius 2 is 0.950 bits per heavy atom. The molecule has 11 aromatic carbocycles. The van der Waals surface area contributed by atoms with Gasteiger partial charge < -0.3 is 4.42 Å². The lowest BCUT2D eigenvalue weighted by atomic mass is 9.87. The van der Waals surface area contributed by atoms with E-state index in [1.165, 1.54) is 81.1 Å². The van der Waals surface area contributed by atoms with E-state index in [0.717, 1.165) is 49.7 Å². The Hall–Kier alpha value is -8.08. The number of furan rings is 1. The van der Waals surface area contributed by atoms with E-state index in [9.17, 15) is 0 Å². The van der Waals surface area contributed by atoms with E-state index in [-0.39, 0.29) is 0 Å². The zero-order valence-electron chi connectivity index (χ0n) is 32.1. The fraction of sp³-hybridized carbons (Fsp3) is 0. The first-order chi connectivity index (χ1) is 29.8. The standard InChI is InChI=1S/C56H31N3O/c1-2-14-35-32(12-1)13-9-18-36(35)33-26-28-34(29-27-33)55-39-15-3-6-23-46(39)57-56(58-55)59-47-24-7-4-16-40(47)53-42-21-10-19-37-38-20-11-22-43-52(38)45(44(51(37)42)30-48(53)59)31-50-54(43)41-17-5-8-25-49(41)60-50/h1-31H. The van der Waals surface area contributed by atoms with Crippen molar-refractivity contribution in [1.82, 2.24) is 14.5 Å². The molecule has 4 heteroatoms. The molecule has 0 amide bonds. The maximum absolute atomic E-state index is 6.60. The Morgan fingerprint density at radius 1 is 0.350 bits per heavy atom. The van der Waals surface area contributed by atoms with E-state index in [4.69, 9.17) is 14.4 Å². The minimum Gasteiger partial charge on any atom is -0.456 e. The van der Waals surface area contributed by atoms with Crippen molar-refractivity contribution in [2.75, 3.05) is 0 Å². The molecule has 0 aliphatic heterocycles. The molecule has 0 bridgehead atoms. The topological polar surface area (TPSA) is 43.9 Å². The third-order valence-corrected chi connectivity index (χ3v) is 12.9. The largest absolute Gasteiger partial charge is 0.456 e. The number of benzene rings is 11. The van der Waals surface area contributed by atoms with Gasteiger partial charge in [0.1, 0.15) is 11.2 Å². The summed E-state index contributed by atoms with van der Waals surface area (Å²) in [6.07, 6.45) is 0. The zero-order valence-corrected chi connectivity index (χ0v) is 32.1. The highest BCUT2D eigenvalue weighted by Crippen LogP contribution is 2.48. The van der Waals surface area contributed by atoms with Crippen molar-refractivity contribution in [1.29, 1.82) is 0 Å². The van der Waals surface area contributed by atoms with Gasteiger partial charge in [-0.05, 0) is 95.3 Å². The lowest BCUT2D eigenvalue weighted by Gasteiger charge is -2.16. The van der Waals surface area contributed by atoms with Crippen molar-refractivity contribution in [3.8, 4) is 28.3 Å². The first-order valence-corrected chi connectivity index (χ1v) is 20.5. The molecule has 0 aliphatic rings. The number of para-hydroxylation sites is 3. The summed E-state index contributed by atoms with van der Waals surface area (Å²) >= 11 is 0. The van der Waals surface area contributed by atoms with Crippen LogP contribution in [0.25, 0.3) is 137 Å². The second-order valence-electron chi connectivity index (χ2n) is 16.0. The Bertz CT molecular complexity index is 4110. The number of nitrogens with zero attached hydrogens (tertiary/aromatic N) is 3. The second kappa shape index (κ2) is 11.8. The second-order valence-corrected chi connectivity index (χ2v) is 16.0. The molecule has 0 N–H and O–H groups in total. The highest BCUT2D eigenvalue weighted by atomic mass is 16.3. The number of hydrogen-bond donors (Lipinski definition) is 0. The van der Waals surface area contributed by atoms with Crippen molar-refractivity contribution < 1.29 is 4.42 Å². The van der Waals surface area contributed by atoms with Crippen molar-refractivity contribution in [2.24, 2.45) is 0 Å². The molecule has 0 radical (unpaired) electrons. The van der Waals surface area contributed by atoms with Gasteiger partial charge in [0.15, 0.2) is 0 Å². The summed E-state index contributed by atoms with van der Waals surface area (Å²) < 4.78 is 8.88. The summed E-state index contributed by atoms with van der Waals surface area (Å²) in [7, 11) is 0. The molecule has 0 fully saturated rings. The van der Waals surface area contributed by atoms with E-state index in [1.807, 2.05) is 6.07 Å². The molecule has 0 unspecified atom stereocenters. The van der Waals surface area contributed by atoms with E-state index in [2.05, 4.69) is 187 Å². The smallest absolute Gasteiger partial charge is 0.235 e. The van der Waals surface area contributed by atoms with Crippen LogP contribution in [0, 0.1) is 0 Å². The summed E-state index contributed by atoms with van der Waals surface area (Å²) in [6, 6.07) is 67.6. The first kappa shape index (κ1) is 31.9. The molecule has 0 spiro atoms. The number of rotatable bonds is 3. The minimum absolute atomic E-state index is 0.643. The van der Waals surface area contributed by atoms with Gasteiger partial charge in [-0.2, -0.15) is 0 Å². The lowest BCUT2D eigenvalue weighted by molar-refractivity contribution is 0.669. The quantitative estimate of drug-likeness (QED) is 0.133. The van der Waals surface area contributed by atoms with E-state index >= 15 is 0 Å². The Balaban J connectivity index is 1.07. The third kappa shape index (κ3) is 4.24. The summed E-state index contributed by atoms with van der Waals surface area (Å²) in [5.74, 6) is 0.643. The van der Waals surface area contributed by atoms with Crippen LogP contribution in [0.1, 0.15) is 0 Å². The summed E-state index contributed by atoms with van der Waals surface area (Å²) in [4.78, 5) is 10.9. The highest BCUT2D eigenvalue weighted by Gasteiger charge is 2.24. The van der Waals surface area contributed by atoms with Gasteiger partial charge in [-0.1, -0.05) is 158 Å². The van der Waals surface area contributed by atoms with Crippen molar-refractivity contribution in [3.05, 3.63) is 188 Å². The summed E-state index contributed by atoms with van der Waals surface area (Å²) in [6.45, 7) is 0. The predicted octanol–water partition coefficient (Wildman–Crippen LogP) is 15.2. The Kier molecular flexibility index (Phi) is 6.26. The normalized spacial score (nSPS) is 12.3. The molecule has 60 heavy (non-hydrogen) atoms. The van der Waals surface area contributed by atoms with Crippen LogP contribution in [-0.2, 0) is 0 Å². The fourth-order valence-corrected chi connectivity index (χ4v) is 10.4. The SMILES string of the molecule is c1ccc2c(-c3ccc(-c4nc(-n5c6ccccc6c6c7cccc8c9cccc%10c%11c(cc(c(cc65)c87)c9%10)oc5ccccc5%11)nc5ccccc45)cc3)cccc2c1. The fourth-order valence-electron chi connectivity index (χ4n) is 10.4. The molecular formula is C56H31N3O. The molecule has 14 aromatic rings. The van der Waals surface area contributed by atoms with Gasteiger partial charge in [0, 0.05) is 32.5 Å². The van der Waals surface area contributed by atoms with E-state index < -0.39 is 0 Å². The van der Waals surface area contributed by atoms with Gasteiger partial charge in [0.25, 0.3) is 0 Å². The third-order valence-electron chi connectivity index (χ3n) is 12.9. The van der Waals surface area contributed by atoms with Crippen LogP contribution in [0.4, 0.5) is 0 Å². The van der Waals surface area contributed by atoms with Gasteiger partial charge >= 0.3 is 0 Å². The molecule has 0 saturated heterocycles. The van der Waals surface area contributed by atoms with Gasteiger partial charge in [-0.25, -0.2) is 9.97 Å². The lowest BCUT2D eigenvalue weighted by Crippen LogP contribution is -2.03. The van der Waals surface area contributed by atoms with Crippen LogP contribution in [0.15, 0.2) is 192 Å². The molecule has 0 atom stereocenters.